The molecule has 2 amide bonds. The average Bonchev–Trinajstić information content (AvgIpc) is 3.31. The van der Waals surface area contributed by atoms with Crippen molar-refractivity contribution in [2.24, 2.45) is 7.05 Å². The number of amides is 2. The highest BCUT2D eigenvalue weighted by Gasteiger charge is 2.20. The summed E-state index contributed by atoms with van der Waals surface area (Å²) in [6.07, 6.45) is 0. The fraction of sp³-hybridized carbons (Fsp3) is 0.316. The van der Waals surface area contributed by atoms with Crippen LogP contribution in [0.3, 0.4) is 0 Å². The van der Waals surface area contributed by atoms with Crippen molar-refractivity contribution < 1.29 is 14.3 Å². The van der Waals surface area contributed by atoms with E-state index in [-0.39, 0.29) is 23.6 Å². The quantitative estimate of drug-likeness (QED) is 0.512. The molecule has 9 nitrogen and oxygen atoms in total. The van der Waals surface area contributed by atoms with Gasteiger partial charge >= 0.3 is 0 Å². The van der Waals surface area contributed by atoms with Crippen LogP contribution in [0.4, 0.5) is 5.13 Å². The molecule has 0 saturated carbocycles. The van der Waals surface area contributed by atoms with Crippen molar-refractivity contribution in [3.8, 4) is 5.75 Å². The fourth-order valence-electron chi connectivity index (χ4n) is 2.44. The summed E-state index contributed by atoms with van der Waals surface area (Å²) >= 11 is 2.67. The van der Waals surface area contributed by atoms with Gasteiger partial charge in [-0.25, -0.2) is 4.98 Å². The van der Waals surface area contributed by atoms with Gasteiger partial charge in [-0.05, 0) is 38.1 Å². The molecular weight excluding hydrogens is 424 g/mol. The predicted octanol–water partition coefficient (Wildman–Crippen LogP) is 2.64. The van der Waals surface area contributed by atoms with Crippen LogP contribution in [0.25, 0.3) is 0 Å². The first-order valence-electron chi connectivity index (χ1n) is 9.07. The van der Waals surface area contributed by atoms with Gasteiger partial charge in [0.15, 0.2) is 16.1 Å². The Hall–Kier alpha value is -2.92. The number of anilines is 1. The molecule has 1 aromatic carbocycles. The third-order valence-corrected chi connectivity index (χ3v) is 6.19. The first-order valence-corrected chi connectivity index (χ1v) is 10.8. The number of benzene rings is 1. The van der Waals surface area contributed by atoms with Crippen LogP contribution in [0.5, 0.6) is 5.75 Å². The summed E-state index contributed by atoms with van der Waals surface area (Å²) in [6.45, 7) is 3.88. The first-order chi connectivity index (χ1) is 14.4. The third-order valence-electron chi connectivity index (χ3n) is 4.18. The molecule has 1 unspecified atom stereocenters. The summed E-state index contributed by atoms with van der Waals surface area (Å²) in [7, 11) is 3.37. The number of carbonyl (C=O) groups excluding carboxylic acids is 2. The molecule has 2 N–H and O–H groups in total. The highest BCUT2D eigenvalue weighted by atomic mass is 32.2. The highest BCUT2D eigenvalue weighted by Crippen LogP contribution is 2.23. The van der Waals surface area contributed by atoms with Gasteiger partial charge in [0, 0.05) is 18.0 Å². The Kier molecular flexibility index (Phi) is 7.06. The van der Waals surface area contributed by atoms with E-state index in [0.717, 1.165) is 5.69 Å². The molecule has 30 heavy (non-hydrogen) atoms. The molecule has 0 bridgehead atoms. The second-order valence-corrected chi connectivity index (χ2v) is 8.58. The van der Waals surface area contributed by atoms with E-state index in [1.807, 2.05) is 12.3 Å². The lowest BCUT2D eigenvalue weighted by atomic mass is 10.2. The van der Waals surface area contributed by atoms with Gasteiger partial charge in [-0.15, -0.1) is 21.5 Å². The number of nitrogens with zero attached hydrogens (tertiary/aromatic N) is 4. The number of thioether (sulfide) groups is 1. The van der Waals surface area contributed by atoms with Crippen molar-refractivity contribution in [2.75, 3.05) is 12.4 Å². The van der Waals surface area contributed by atoms with Crippen LogP contribution in [0.1, 0.15) is 28.8 Å². The van der Waals surface area contributed by atoms with E-state index in [2.05, 4.69) is 25.8 Å². The average molecular weight is 447 g/mol. The van der Waals surface area contributed by atoms with E-state index in [0.29, 0.717) is 27.4 Å². The molecular formula is C19H22N6O3S2. The Balaban J connectivity index is 1.55. The van der Waals surface area contributed by atoms with Gasteiger partial charge in [0.1, 0.15) is 5.75 Å². The number of carbonyl (C=O) groups is 2. The number of hydrogen-bond donors (Lipinski definition) is 2. The second kappa shape index (κ2) is 9.72. The maximum atomic E-state index is 12.4. The molecule has 0 spiro atoms. The monoisotopic (exact) mass is 446 g/mol. The maximum Gasteiger partial charge on any atom is 0.251 e. The van der Waals surface area contributed by atoms with Crippen molar-refractivity contribution in [3.63, 3.8) is 0 Å². The van der Waals surface area contributed by atoms with Crippen molar-refractivity contribution >= 4 is 40.0 Å². The standard InChI is InChI=1S/C19H22N6O3S2/c1-11-10-29-18(21-11)22-16(26)12(2)30-19-24-23-15(25(19)3)9-20-17(27)13-5-7-14(28-4)8-6-13/h5-8,10,12H,9H2,1-4H3,(H,20,27)(H,21,22,26). The zero-order valence-electron chi connectivity index (χ0n) is 17.0. The molecule has 0 fully saturated rings. The van der Waals surface area contributed by atoms with Crippen LogP contribution >= 0.6 is 23.1 Å². The number of methoxy groups -OCH3 is 1. The lowest BCUT2D eigenvalue weighted by Crippen LogP contribution is -2.24. The Morgan fingerprint density at radius 1 is 1.27 bits per heavy atom. The van der Waals surface area contributed by atoms with Crippen LogP contribution in [-0.4, -0.2) is 43.9 Å². The minimum Gasteiger partial charge on any atom is -0.497 e. The Labute approximate surface area is 182 Å². The minimum atomic E-state index is -0.390. The summed E-state index contributed by atoms with van der Waals surface area (Å²) in [6, 6.07) is 6.84. The first kappa shape index (κ1) is 21.8. The third kappa shape index (κ3) is 5.36. The molecule has 11 heteroatoms. The molecule has 2 heterocycles. The summed E-state index contributed by atoms with van der Waals surface area (Å²) in [5, 5.41) is 16.5. The van der Waals surface area contributed by atoms with E-state index >= 15 is 0 Å². The van der Waals surface area contributed by atoms with E-state index in [9.17, 15) is 9.59 Å². The number of hydrogen-bond acceptors (Lipinski definition) is 8. The van der Waals surface area contributed by atoms with Gasteiger partial charge in [0.2, 0.25) is 5.91 Å². The predicted molar refractivity (Wildman–Crippen MR) is 116 cm³/mol. The van der Waals surface area contributed by atoms with Gasteiger partial charge in [0.05, 0.1) is 24.6 Å². The van der Waals surface area contributed by atoms with E-state index < -0.39 is 0 Å². The van der Waals surface area contributed by atoms with Crippen LogP contribution < -0.4 is 15.4 Å². The molecule has 158 valence electrons. The molecule has 0 radical (unpaired) electrons. The van der Waals surface area contributed by atoms with Crippen LogP contribution in [0.15, 0.2) is 34.8 Å². The number of rotatable bonds is 8. The smallest absolute Gasteiger partial charge is 0.251 e. The van der Waals surface area contributed by atoms with Crippen molar-refractivity contribution in [2.45, 2.75) is 30.8 Å². The Bertz CT molecular complexity index is 1030. The summed E-state index contributed by atoms with van der Waals surface area (Å²) in [5.41, 5.74) is 1.39. The van der Waals surface area contributed by atoms with E-state index in [1.54, 1.807) is 49.9 Å². The van der Waals surface area contributed by atoms with Gasteiger partial charge in [-0.2, -0.15) is 0 Å². The van der Waals surface area contributed by atoms with Crippen molar-refractivity contribution in [1.82, 2.24) is 25.1 Å². The fourth-order valence-corrected chi connectivity index (χ4v) is 3.96. The molecule has 0 aliphatic heterocycles. The zero-order chi connectivity index (χ0) is 21.7. The summed E-state index contributed by atoms with van der Waals surface area (Å²) in [5.74, 6) is 0.889. The Morgan fingerprint density at radius 3 is 2.63 bits per heavy atom. The zero-order valence-corrected chi connectivity index (χ0v) is 18.6. The molecule has 3 aromatic rings. The minimum absolute atomic E-state index is 0.160. The van der Waals surface area contributed by atoms with Crippen LogP contribution in [0, 0.1) is 6.92 Å². The molecule has 2 aromatic heterocycles. The van der Waals surface area contributed by atoms with Gasteiger partial charge in [0.25, 0.3) is 5.91 Å². The number of ether oxygens (including phenoxy) is 1. The summed E-state index contributed by atoms with van der Waals surface area (Å²) < 4.78 is 6.85. The topological polar surface area (TPSA) is 111 Å². The molecule has 3 rings (SSSR count). The lowest BCUT2D eigenvalue weighted by molar-refractivity contribution is -0.115. The number of thiazole rings is 1. The van der Waals surface area contributed by atoms with Gasteiger partial charge in [-0.3, -0.25) is 9.59 Å². The number of aromatic nitrogens is 4. The number of aryl methyl sites for hydroxylation is 1. The van der Waals surface area contributed by atoms with Crippen molar-refractivity contribution in [1.29, 1.82) is 0 Å². The largest absolute Gasteiger partial charge is 0.497 e. The molecule has 0 saturated heterocycles. The Morgan fingerprint density at radius 2 is 2.00 bits per heavy atom. The molecule has 0 aliphatic rings. The van der Waals surface area contributed by atoms with Gasteiger partial charge < -0.3 is 19.9 Å². The van der Waals surface area contributed by atoms with Crippen LogP contribution in [-0.2, 0) is 18.4 Å². The SMILES string of the molecule is COc1ccc(C(=O)NCc2nnc(SC(C)C(=O)Nc3nc(C)cs3)n2C)cc1. The lowest BCUT2D eigenvalue weighted by Gasteiger charge is -2.10. The van der Waals surface area contributed by atoms with Crippen LogP contribution in [0.2, 0.25) is 0 Å². The highest BCUT2D eigenvalue weighted by molar-refractivity contribution is 8.00. The normalized spacial score (nSPS) is 11.7. The van der Waals surface area contributed by atoms with E-state index in [1.165, 1.54) is 23.1 Å². The number of nitrogens with one attached hydrogen (secondary N) is 2. The molecule has 0 aliphatic carbocycles. The van der Waals surface area contributed by atoms with Gasteiger partial charge in [-0.1, -0.05) is 11.8 Å². The van der Waals surface area contributed by atoms with Crippen molar-refractivity contribution in [3.05, 3.63) is 46.7 Å². The maximum absolute atomic E-state index is 12.4. The molecule has 1 atom stereocenters. The second-order valence-electron chi connectivity index (χ2n) is 6.41. The summed E-state index contributed by atoms with van der Waals surface area (Å²) in [4.78, 5) is 28.9. The van der Waals surface area contributed by atoms with E-state index in [4.69, 9.17) is 4.74 Å².